The SMILES string of the molecule is Cl.Cn1nc(-c2ccccc2)cc1C(=O)N=C(N)N. The second kappa shape index (κ2) is 6.01. The third-order valence-corrected chi connectivity index (χ3v) is 2.40. The van der Waals surface area contributed by atoms with Gasteiger partial charge in [-0.15, -0.1) is 12.4 Å². The summed E-state index contributed by atoms with van der Waals surface area (Å²) in [5.74, 6) is -0.769. The van der Waals surface area contributed by atoms with Gasteiger partial charge in [-0.05, 0) is 6.07 Å². The normalized spacial score (nSPS) is 9.53. The molecule has 0 saturated heterocycles. The lowest BCUT2D eigenvalue weighted by Gasteiger charge is -1.95. The number of hydrogen-bond acceptors (Lipinski definition) is 2. The van der Waals surface area contributed by atoms with Crippen LogP contribution >= 0.6 is 12.4 Å². The Morgan fingerprint density at radius 2 is 1.89 bits per heavy atom. The van der Waals surface area contributed by atoms with Crippen LogP contribution in [0.1, 0.15) is 10.5 Å². The van der Waals surface area contributed by atoms with Gasteiger partial charge in [0.15, 0.2) is 5.96 Å². The quantitative estimate of drug-likeness (QED) is 0.631. The van der Waals surface area contributed by atoms with Crippen LogP contribution in [-0.4, -0.2) is 21.6 Å². The Balaban J connectivity index is 0.00000180. The van der Waals surface area contributed by atoms with Gasteiger partial charge in [-0.2, -0.15) is 10.1 Å². The molecule has 1 amide bonds. The van der Waals surface area contributed by atoms with Crippen molar-refractivity contribution in [2.75, 3.05) is 0 Å². The first-order valence-electron chi connectivity index (χ1n) is 5.31. The molecule has 0 fully saturated rings. The summed E-state index contributed by atoms with van der Waals surface area (Å²) in [5, 5.41) is 4.25. The molecule has 0 spiro atoms. The Labute approximate surface area is 116 Å². The van der Waals surface area contributed by atoms with Crippen molar-refractivity contribution < 1.29 is 4.79 Å². The van der Waals surface area contributed by atoms with Crippen LogP contribution in [0.4, 0.5) is 0 Å². The van der Waals surface area contributed by atoms with Crippen molar-refractivity contribution >= 4 is 24.3 Å². The highest BCUT2D eigenvalue weighted by Gasteiger charge is 2.13. The number of aromatic nitrogens is 2. The summed E-state index contributed by atoms with van der Waals surface area (Å²) >= 11 is 0. The van der Waals surface area contributed by atoms with Gasteiger partial charge in [-0.25, -0.2) is 0 Å². The van der Waals surface area contributed by atoms with Crippen molar-refractivity contribution in [3.63, 3.8) is 0 Å². The smallest absolute Gasteiger partial charge is 0.298 e. The van der Waals surface area contributed by atoms with E-state index in [0.29, 0.717) is 11.4 Å². The molecule has 7 heteroatoms. The van der Waals surface area contributed by atoms with Gasteiger partial charge in [0.25, 0.3) is 5.91 Å². The minimum atomic E-state index is -0.507. The van der Waals surface area contributed by atoms with Crippen LogP contribution in [0.5, 0.6) is 0 Å². The second-order valence-corrected chi connectivity index (χ2v) is 3.75. The molecule has 2 rings (SSSR count). The largest absolute Gasteiger partial charge is 0.370 e. The summed E-state index contributed by atoms with van der Waals surface area (Å²) in [6.07, 6.45) is 0. The predicted molar refractivity (Wildman–Crippen MR) is 76.0 cm³/mol. The van der Waals surface area contributed by atoms with Gasteiger partial charge in [-0.3, -0.25) is 9.48 Å². The number of hydrogen-bond donors (Lipinski definition) is 2. The average Bonchev–Trinajstić information content (AvgIpc) is 2.72. The van der Waals surface area contributed by atoms with Crippen LogP contribution in [0.25, 0.3) is 11.3 Å². The van der Waals surface area contributed by atoms with Crippen LogP contribution in [0.15, 0.2) is 41.4 Å². The Morgan fingerprint density at radius 1 is 1.26 bits per heavy atom. The highest BCUT2D eigenvalue weighted by molar-refractivity contribution is 6.01. The number of halogens is 1. The number of carbonyl (C=O) groups is 1. The Morgan fingerprint density at radius 3 is 2.47 bits per heavy atom. The number of guanidine groups is 1. The first-order valence-corrected chi connectivity index (χ1v) is 5.31. The van der Waals surface area contributed by atoms with Crippen LogP contribution in [0.2, 0.25) is 0 Å². The molecule has 0 aliphatic carbocycles. The van der Waals surface area contributed by atoms with Crippen molar-refractivity contribution in [2.45, 2.75) is 0 Å². The topological polar surface area (TPSA) is 99.3 Å². The lowest BCUT2D eigenvalue weighted by atomic mass is 10.1. The van der Waals surface area contributed by atoms with Crippen LogP contribution in [0.3, 0.4) is 0 Å². The van der Waals surface area contributed by atoms with Crippen molar-refractivity contribution in [1.82, 2.24) is 9.78 Å². The maximum atomic E-state index is 11.7. The number of aliphatic imine (C=N–C) groups is 1. The van der Waals surface area contributed by atoms with Crippen molar-refractivity contribution in [1.29, 1.82) is 0 Å². The standard InChI is InChI=1S/C12H13N5O.ClH/c1-17-10(11(18)15-12(13)14)7-9(16-17)8-5-3-2-4-6-8;/h2-7H,1H3,(H4,13,14,15,18);1H. The molecule has 1 aromatic carbocycles. The van der Waals surface area contributed by atoms with E-state index in [4.69, 9.17) is 11.5 Å². The third kappa shape index (κ3) is 3.32. The molecule has 100 valence electrons. The molecule has 0 bridgehead atoms. The molecule has 1 heterocycles. The predicted octanol–water partition coefficient (Wildman–Crippen LogP) is 0.922. The summed E-state index contributed by atoms with van der Waals surface area (Å²) in [7, 11) is 1.67. The fourth-order valence-electron chi connectivity index (χ4n) is 1.59. The minimum Gasteiger partial charge on any atom is -0.370 e. The van der Waals surface area contributed by atoms with E-state index in [1.54, 1.807) is 13.1 Å². The second-order valence-electron chi connectivity index (χ2n) is 3.75. The number of nitrogens with two attached hydrogens (primary N) is 2. The molecule has 0 unspecified atom stereocenters. The number of nitrogens with zero attached hydrogens (tertiary/aromatic N) is 3. The van der Waals surface area contributed by atoms with Crippen molar-refractivity contribution in [3.8, 4) is 11.3 Å². The molecule has 4 N–H and O–H groups in total. The van der Waals surface area contributed by atoms with Crippen molar-refractivity contribution in [2.24, 2.45) is 23.5 Å². The van der Waals surface area contributed by atoms with Gasteiger partial charge >= 0.3 is 0 Å². The molecule has 1 aromatic heterocycles. The van der Waals surface area contributed by atoms with Crippen molar-refractivity contribution in [3.05, 3.63) is 42.1 Å². The van der Waals surface area contributed by atoms with Gasteiger partial charge in [0.2, 0.25) is 0 Å². The molecule has 0 saturated carbocycles. The maximum absolute atomic E-state index is 11.7. The lowest BCUT2D eigenvalue weighted by molar-refractivity contribution is 0.0994. The molecule has 0 radical (unpaired) electrons. The molecule has 6 nitrogen and oxygen atoms in total. The van der Waals surface area contributed by atoms with Crippen LogP contribution in [-0.2, 0) is 7.05 Å². The zero-order valence-corrected chi connectivity index (χ0v) is 11.1. The number of carbonyl (C=O) groups excluding carboxylic acids is 1. The van der Waals surface area contributed by atoms with E-state index < -0.39 is 5.91 Å². The first kappa shape index (κ1) is 14.7. The Kier molecular flexibility index (Phi) is 4.66. The molecular weight excluding hydrogens is 266 g/mol. The van der Waals surface area contributed by atoms with Gasteiger partial charge in [0, 0.05) is 12.6 Å². The first-order chi connectivity index (χ1) is 8.58. The molecule has 19 heavy (non-hydrogen) atoms. The monoisotopic (exact) mass is 279 g/mol. The Bertz CT molecular complexity index is 602. The third-order valence-electron chi connectivity index (χ3n) is 2.40. The number of aryl methyl sites for hydroxylation is 1. The van der Waals surface area contributed by atoms with Crippen LogP contribution in [0, 0.1) is 0 Å². The molecule has 0 atom stereocenters. The maximum Gasteiger partial charge on any atom is 0.298 e. The zero-order valence-electron chi connectivity index (χ0n) is 10.3. The highest BCUT2D eigenvalue weighted by Crippen LogP contribution is 2.18. The van der Waals surface area contributed by atoms with Gasteiger partial charge in [0.1, 0.15) is 5.69 Å². The molecule has 2 aromatic rings. The van der Waals surface area contributed by atoms with E-state index in [1.807, 2.05) is 30.3 Å². The van der Waals surface area contributed by atoms with E-state index in [1.165, 1.54) is 4.68 Å². The minimum absolute atomic E-state index is 0. The number of benzene rings is 1. The van der Waals surface area contributed by atoms with Gasteiger partial charge < -0.3 is 11.5 Å². The Hall–Kier alpha value is -2.34. The number of rotatable bonds is 2. The number of amides is 1. The summed E-state index contributed by atoms with van der Waals surface area (Å²) in [4.78, 5) is 15.2. The summed E-state index contributed by atoms with van der Waals surface area (Å²) in [6, 6.07) is 11.2. The van der Waals surface area contributed by atoms with E-state index in [-0.39, 0.29) is 18.4 Å². The van der Waals surface area contributed by atoms with Gasteiger partial charge in [-0.1, -0.05) is 30.3 Å². The summed E-state index contributed by atoms with van der Waals surface area (Å²) < 4.78 is 1.46. The lowest BCUT2D eigenvalue weighted by Crippen LogP contribution is -2.24. The summed E-state index contributed by atoms with van der Waals surface area (Å²) in [5.41, 5.74) is 12.3. The average molecular weight is 280 g/mol. The van der Waals surface area contributed by atoms with E-state index >= 15 is 0 Å². The molecule has 0 aliphatic heterocycles. The highest BCUT2D eigenvalue weighted by atomic mass is 35.5. The molecular formula is C12H14ClN5O. The summed E-state index contributed by atoms with van der Waals surface area (Å²) in [6.45, 7) is 0. The van der Waals surface area contributed by atoms with E-state index in [2.05, 4.69) is 10.1 Å². The zero-order chi connectivity index (χ0) is 13.1. The fraction of sp³-hybridized carbons (Fsp3) is 0.0833. The van der Waals surface area contributed by atoms with Crippen LogP contribution < -0.4 is 11.5 Å². The van der Waals surface area contributed by atoms with E-state index in [0.717, 1.165) is 5.56 Å². The fourth-order valence-corrected chi connectivity index (χ4v) is 1.59. The van der Waals surface area contributed by atoms with Gasteiger partial charge in [0.05, 0.1) is 5.69 Å². The van der Waals surface area contributed by atoms with E-state index in [9.17, 15) is 4.79 Å². The molecule has 0 aliphatic rings.